The van der Waals surface area contributed by atoms with Gasteiger partial charge in [0.25, 0.3) is 0 Å². The van der Waals surface area contributed by atoms with Crippen LogP contribution >= 0.6 is 15.9 Å². The van der Waals surface area contributed by atoms with E-state index in [0.717, 1.165) is 37.1 Å². The van der Waals surface area contributed by atoms with E-state index in [4.69, 9.17) is 0 Å². The van der Waals surface area contributed by atoms with Crippen molar-refractivity contribution in [2.45, 2.75) is 13.3 Å². The van der Waals surface area contributed by atoms with Crippen molar-refractivity contribution in [3.63, 3.8) is 0 Å². The molecule has 2 rings (SSSR count). The van der Waals surface area contributed by atoms with Gasteiger partial charge in [-0.3, -0.25) is 4.79 Å². The number of anilines is 2. The summed E-state index contributed by atoms with van der Waals surface area (Å²) in [6.45, 7) is 4.37. The van der Waals surface area contributed by atoms with Crippen LogP contribution in [0.25, 0.3) is 0 Å². The summed E-state index contributed by atoms with van der Waals surface area (Å²) in [5.74, 6) is 0.123. The predicted molar refractivity (Wildman–Crippen MR) is 75.1 cm³/mol. The molecule has 0 unspecified atom stereocenters. The molecule has 4 heteroatoms. The minimum atomic E-state index is 0.123. The lowest BCUT2D eigenvalue weighted by Gasteiger charge is -2.37. The van der Waals surface area contributed by atoms with Crippen molar-refractivity contribution in [1.29, 1.82) is 0 Å². The first kappa shape index (κ1) is 12.4. The Hall–Kier alpha value is -1.03. The molecular weight excluding hydrogens is 280 g/mol. The van der Waals surface area contributed by atoms with Gasteiger partial charge in [0.2, 0.25) is 5.91 Å². The Labute approximate surface area is 111 Å². The summed E-state index contributed by atoms with van der Waals surface area (Å²) in [5, 5.41) is 1.02. The Morgan fingerprint density at radius 1 is 1.29 bits per heavy atom. The van der Waals surface area contributed by atoms with Crippen LogP contribution < -0.4 is 9.80 Å². The first-order valence-corrected chi connectivity index (χ1v) is 7.04. The Bertz CT molecular complexity index is 408. The van der Waals surface area contributed by atoms with Crippen LogP contribution in [0.5, 0.6) is 0 Å². The molecule has 1 aliphatic heterocycles. The summed E-state index contributed by atoms with van der Waals surface area (Å²) in [6, 6.07) is 8.14. The number of nitrogens with zero attached hydrogens (tertiary/aromatic N) is 2. The van der Waals surface area contributed by atoms with Crippen molar-refractivity contribution in [2.75, 3.05) is 34.8 Å². The van der Waals surface area contributed by atoms with E-state index in [9.17, 15) is 4.79 Å². The molecule has 1 aliphatic rings. The quantitative estimate of drug-likeness (QED) is 0.801. The molecule has 92 valence electrons. The lowest BCUT2D eigenvalue weighted by molar-refractivity contribution is -0.116. The zero-order valence-corrected chi connectivity index (χ0v) is 11.6. The largest absolute Gasteiger partial charge is 0.368 e. The van der Waals surface area contributed by atoms with E-state index in [1.807, 2.05) is 23.1 Å². The molecule has 0 saturated heterocycles. The number of hydrogen-bond acceptors (Lipinski definition) is 2. The van der Waals surface area contributed by atoms with Gasteiger partial charge < -0.3 is 9.80 Å². The third-order valence-electron chi connectivity index (χ3n) is 3.05. The highest BCUT2D eigenvalue weighted by Crippen LogP contribution is 2.32. The summed E-state index contributed by atoms with van der Waals surface area (Å²) in [5.41, 5.74) is 2.22. The molecule has 0 fully saturated rings. The maximum atomic E-state index is 11.6. The molecule has 0 aliphatic carbocycles. The highest BCUT2D eigenvalue weighted by molar-refractivity contribution is 9.09. The third-order valence-corrected chi connectivity index (χ3v) is 3.61. The molecule has 1 amide bonds. The molecule has 17 heavy (non-hydrogen) atoms. The number of halogens is 1. The minimum Gasteiger partial charge on any atom is -0.368 e. The summed E-state index contributed by atoms with van der Waals surface area (Å²) < 4.78 is 0. The molecule has 1 heterocycles. The highest BCUT2D eigenvalue weighted by atomic mass is 79.9. The van der Waals surface area contributed by atoms with Crippen molar-refractivity contribution < 1.29 is 4.79 Å². The zero-order chi connectivity index (χ0) is 12.3. The van der Waals surface area contributed by atoms with Crippen molar-refractivity contribution in [3.05, 3.63) is 24.3 Å². The maximum Gasteiger partial charge on any atom is 0.223 e. The van der Waals surface area contributed by atoms with Gasteiger partial charge in [0.1, 0.15) is 0 Å². The van der Waals surface area contributed by atoms with Gasteiger partial charge in [-0.05, 0) is 18.6 Å². The number of para-hydroxylation sites is 2. The van der Waals surface area contributed by atoms with Gasteiger partial charge in [0.15, 0.2) is 0 Å². The molecule has 0 radical (unpaired) electrons. The van der Waals surface area contributed by atoms with Crippen LogP contribution in [-0.4, -0.2) is 30.9 Å². The lowest BCUT2D eigenvalue weighted by Crippen LogP contribution is -2.43. The average molecular weight is 297 g/mol. The average Bonchev–Trinajstić information content (AvgIpc) is 2.35. The fourth-order valence-electron chi connectivity index (χ4n) is 2.23. The molecule has 1 aromatic carbocycles. The molecule has 0 saturated carbocycles. The topological polar surface area (TPSA) is 23.6 Å². The van der Waals surface area contributed by atoms with Gasteiger partial charge in [-0.15, -0.1) is 0 Å². The number of carbonyl (C=O) groups excluding carboxylic acids is 1. The zero-order valence-electron chi connectivity index (χ0n) is 10.0. The van der Waals surface area contributed by atoms with Crippen molar-refractivity contribution in [2.24, 2.45) is 0 Å². The van der Waals surface area contributed by atoms with Crippen molar-refractivity contribution in [1.82, 2.24) is 0 Å². The van der Waals surface area contributed by atoms with E-state index in [2.05, 4.69) is 26.9 Å². The number of fused-ring (bicyclic) bond motifs is 1. The van der Waals surface area contributed by atoms with E-state index < -0.39 is 0 Å². The standard InChI is InChI=1S/C13H17BrN2O/c1-11(17)16-10-9-15(8-4-7-14)12-5-2-3-6-13(12)16/h2-3,5-6H,4,7-10H2,1H3. The number of alkyl halides is 1. The molecular formula is C13H17BrN2O. The van der Waals surface area contributed by atoms with Crippen LogP contribution in [0, 0.1) is 0 Å². The molecule has 0 aromatic heterocycles. The van der Waals surface area contributed by atoms with E-state index in [1.165, 1.54) is 5.69 Å². The minimum absolute atomic E-state index is 0.123. The first-order chi connectivity index (χ1) is 8.24. The molecule has 0 N–H and O–H groups in total. The van der Waals surface area contributed by atoms with Gasteiger partial charge in [-0.25, -0.2) is 0 Å². The van der Waals surface area contributed by atoms with E-state index in [0.29, 0.717) is 0 Å². The number of amides is 1. The van der Waals surface area contributed by atoms with E-state index in [1.54, 1.807) is 6.92 Å². The maximum absolute atomic E-state index is 11.6. The highest BCUT2D eigenvalue weighted by Gasteiger charge is 2.23. The number of benzene rings is 1. The fraction of sp³-hybridized carbons (Fsp3) is 0.462. The Kier molecular flexibility index (Phi) is 4.05. The monoisotopic (exact) mass is 296 g/mol. The Morgan fingerprint density at radius 3 is 2.65 bits per heavy atom. The second kappa shape index (κ2) is 5.54. The molecule has 0 bridgehead atoms. The number of rotatable bonds is 3. The van der Waals surface area contributed by atoms with Gasteiger partial charge in [-0.2, -0.15) is 0 Å². The molecule has 0 spiro atoms. The van der Waals surface area contributed by atoms with Crippen molar-refractivity contribution >= 4 is 33.2 Å². The fourth-order valence-corrected chi connectivity index (χ4v) is 2.48. The Morgan fingerprint density at radius 2 is 2.00 bits per heavy atom. The Balaban J connectivity index is 2.27. The van der Waals surface area contributed by atoms with Crippen LogP contribution in [0.15, 0.2) is 24.3 Å². The second-order valence-electron chi connectivity index (χ2n) is 4.19. The van der Waals surface area contributed by atoms with Gasteiger partial charge in [0, 0.05) is 31.9 Å². The van der Waals surface area contributed by atoms with Crippen LogP contribution in [0.4, 0.5) is 11.4 Å². The van der Waals surface area contributed by atoms with E-state index >= 15 is 0 Å². The van der Waals surface area contributed by atoms with E-state index in [-0.39, 0.29) is 5.91 Å². The smallest absolute Gasteiger partial charge is 0.223 e. The van der Waals surface area contributed by atoms with Crippen LogP contribution in [0.1, 0.15) is 13.3 Å². The normalized spacial score (nSPS) is 14.7. The first-order valence-electron chi connectivity index (χ1n) is 5.92. The van der Waals surface area contributed by atoms with Gasteiger partial charge >= 0.3 is 0 Å². The number of hydrogen-bond donors (Lipinski definition) is 0. The molecule has 1 aromatic rings. The SMILES string of the molecule is CC(=O)N1CCN(CCCBr)c2ccccc21. The summed E-state index contributed by atoms with van der Waals surface area (Å²) in [7, 11) is 0. The number of carbonyl (C=O) groups is 1. The third kappa shape index (κ3) is 2.63. The van der Waals surface area contributed by atoms with Crippen molar-refractivity contribution in [3.8, 4) is 0 Å². The summed E-state index contributed by atoms with van der Waals surface area (Å²) >= 11 is 3.46. The predicted octanol–water partition coefficient (Wildman–Crippen LogP) is 2.64. The summed E-state index contributed by atoms with van der Waals surface area (Å²) in [6.07, 6.45) is 1.12. The lowest BCUT2D eigenvalue weighted by atomic mass is 10.1. The second-order valence-corrected chi connectivity index (χ2v) is 4.98. The van der Waals surface area contributed by atoms with Gasteiger partial charge in [0.05, 0.1) is 11.4 Å². The molecule has 0 atom stereocenters. The van der Waals surface area contributed by atoms with Crippen LogP contribution in [0.2, 0.25) is 0 Å². The van der Waals surface area contributed by atoms with Crippen LogP contribution in [0.3, 0.4) is 0 Å². The van der Waals surface area contributed by atoms with Crippen LogP contribution in [-0.2, 0) is 4.79 Å². The summed E-state index contributed by atoms with van der Waals surface area (Å²) in [4.78, 5) is 15.8. The molecule has 3 nitrogen and oxygen atoms in total. The van der Waals surface area contributed by atoms with Gasteiger partial charge in [-0.1, -0.05) is 28.1 Å².